The molecule has 0 bridgehead atoms. The lowest BCUT2D eigenvalue weighted by atomic mass is 9.83. The van der Waals surface area contributed by atoms with Gasteiger partial charge < -0.3 is 4.43 Å². The van der Waals surface area contributed by atoms with E-state index >= 15 is 0 Å². The van der Waals surface area contributed by atoms with E-state index in [9.17, 15) is 0 Å². The van der Waals surface area contributed by atoms with E-state index in [1.54, 1.807) is 0 Å². The van der Waals surface area contributed by atoms with Crippen LogP contribution in [0.2, 0.25) is 0 Å². The molecule has 0 amide bonds. The highest BCUT2D eigenvalue weighted by Gasteiger charge is 2.28. The molecule has 0 saturated carbocycles. The molecule has 0 atom stereocenters. The van der Waals surface area contributed by atoms with Crippen LogP contribution in [-0.4, -0.2) is 9.76 Å². The van der Waals surface area contributed by atoms with E-state index in [1.807, 2.05) is 12.2 Å². The lowest BCUT2D eigenvalue weighted by molar-refractivity contribution is 0.558. The van der Waals surface area contributed by atoms with Gasteiger partial charge in [0, 0.05) is 16.7 Å². The van der Waals surface area contributed by atoms with Gasteiger partial charge in [0.25, 0.3) is 9.76 Å². The first-order valence-corrected chi connectivity index (χ1v) is 11.4. The minimum Gasteiger partial charge on any atom is -0.544 e. The Hall–Kier alpha value is -3.62. The quantitative estimate of drug-likeness (QED) is 0.347. The Balaban J connectivity index is 0.000000200. The number of fused-ring (bicyclic) bond motifs is 3. The highest BCUT2D eigenvalue weighted by molar-refractivity contribution is 6.60. The molecule has 6 rings (SSSR count). The molecule has 3 aliphatic rings. The van der Waals surface area contributed by atoms with Crippen LogP contribution in [0.1, 0.15) is 38.9 Å². The summed E-state index contributed by atoms with van der Waals surface area (Å²) < 4.78 is 6.21. The van der Waals surface area contributed by atoms with Gasteiger partial charge in [0.05, 0.1) is 0 Å². The Kier molecular flexibility index (Phi) is 4.70. The summed E-state index contributed by atoms with van der Waals surface area (Å²) in [5, 5.41) is 1.39. The molecule has 0 spiro atoms. The Morgan fingerprint density at radius 1 is 0.700 bits per heavy atom. The molecule has 0 unspecified atom stereocenters. The van der Waals surface area contributed by atoms with Crippen molar-refractivity contribution < 1.29 is 4.43 Å². The van der Waals surface area contributed by atoms with E-state index in [0.29, 0.717) is 0 Å². The van der Waals surface area contributed by atoms with Gasteiger partial charge in [-0.2, -0.15) is 0 Å². The zero-order valence-electron chi connectivity index (χ0n) is 16.8. The van der Waals surface area contributed by atoms with E-state index in [-0.39, 0.29) is 0 Å². The summed E-state index contributed by atoms with van der Waals surface area (Å²) in [5.41, 5.74) is 10.1. The van der Waals surface area contributed by atoms with E-state index < -0.39 is 9.76 Å². The normalized spacial score (nSPS) is 14.1. The zero-order chi connectivity index (χ0) is 20.5. The lowest BCUT2D eigenvalue weighted by Crippen LogP contribution is -2.15. The summed E-state index contributed by atoms with van der Waals surface area (Å²) in [6, 6.07) is 23.1. The molecule has 0 radical (unpaired) electrons. The molecule has 3 aromatic rings. The summed E-state index contributed by atoms with van der Waals surface area (Å²) >= 11 is 0. The van der Waals surface area contributed by atoms with Crippen molar-refractivity contribution in [1.29, 1.82) is 0 Å². The van der Waals surface area contributed by atoms with Crippen LogP contribution in [0, 0.1) is 0 Å². The molecule has 1 nitrogen and oxygen atoms in total. The highest BCUT2D eigenvalue weighted by atomic mass is 28.2. The van der Waals surface area contributed by atoms with Gasteiger partial charge in [-0.25, -0.2) is 0 Å². The fourth-order valence-corrected chi connectivity index (χ4v) is 5.44. The summed E-state index contributed by atoms with van der Waals surface area (Å²) in [7, 11) is -0.763. The molecule has 3 aromatic carbocycles. The first-order valence-electron chi connectivity index (χ1n) is 10.1. The van der Waals surface area contributed by atoms with Crippen LogP contribution in [0.4, 0.5) is 0 Å². The first-order chi connectivity index (χ1) is 14.8. The molecule has 2 heteroatoms. The number of hydrogen-bond donors (Lipinski definition) is 0. The van der Waals surface area contributed by atoms with Crippen molar-refractivity contribution in [3.63, 3.8) is 0 Å². The summed E-state index contributed by atoms with van der Waals surface area (Å²) in [5.74, 6) is 1.01. The number of benzene rings is 3. The maximum absolute atomic E-state index is 6.21. The maximum atomic E-state index is 6.21. The van der Waals surface area contributed by atoms with Gasteiger partial charge in [-0.15, -0.1) is 0 Å². The van der Waals surface area contributed by atoms with Gasteiger partial charge in [-0.3, -0.25) is 0 Å². The summed E-state index contributed by atoms with van der Waals surface area (Å²) in [4.78, 5) is 0. The molecule has 0 aromatic heterocycles. The highest BCUT2D eigenvalue weighted by Crippen LogP contribution is 2.44. The van der Waals surface area contributed by atoms with Crippen molar-refractivity contribution in [3.8, 4) is 0 Å². The third kappa shape index (κ3) is 3.02. The fourth-order valence-electron chi connectivity index (χ4n) is 4.05. The smallest absolute Gasteiger partial charge is 0.252 e. The van der Waals surface area contributed by atoms with Crippen LogP contribution in [-0.2, 0) is 4.43 Å². The third-order valence-electron chi connectivity index (χ3n) is 5.73. The molecule has 30 heavy (non-hydrogen) atoms. The summed E-state index contributed by atoms with van der Waals surface area (Å²) in [6.45, 7) is 7.82. The van der Waals surface area contributed by atoms with E-state index in [4.69, 9.17) is 4.43 Å². The molecular formula is C28H22OSi. The number of allylic oxidation sites excluding steroid dienone is 2. The minimum atomic E-state index is -0.763. The van der Waals surface area contributed by atoms with E-state index in [0.717, 1.165) is 16.9 Å². The first kappa shape index (κ1) is 18.4. The summed E-state index contributed by atoms with van der Waals surface area (Å²) in [6.07, 6.45) is 10.3. The average Bonchev–Trinajstić information content (AvgIpc) is 2.73. The van der Waals surface area contributed by atoms with Crippen LogP contribution in [0.3, 0.4) is 0 Å². The van der Waals surface area contributed by atoms with Gasteiger partial charge in [-0.05, 0) is 33.0 Å². The van der Waals surface area contributed by atoms with Gasteiger partial charge in [0.15, 0.2) is 0 Å². The van der Waals surface area contributed by atoms with Crippen molar-refractivity contribution >= 4 is 50.6 Å². The van der Waals surface area contributed by atoms with Crippen molar-refractivity contribution in [3.05, 3.63) is 125 Å². The average molecular weight is 403 g/mol. The Morgan fingerprint density at radius 3 is 1.97 bits per heavy atom. The predicted octanol–water partition coefficient (Wildman–Crippen LogP) is 6.48. The molecule has 144 valence electrons. The standard InChI is InChI=1S/C20H16OSi.C8H6/c1-3-13-9-7-11-17-19(13)15(4-2)20(17)21-22-18-12-14-8-5-6-10-16(14)18;1-2-4-8-6-5-7(8)3-1/h3-12H,1-2,22H2;1-6H. The van der Waals surface area contributed by atoms with Crippen LogP contribution < -0.4 is 0 Å². The van der Waals surface area contributed by atoms with E-state index in [1.165, 1.54) is 38.6 Å². The van der Waals surface area contributed by atoms with Crippen LogP contribution >= 0.6 is 0 Å². The van der Waals surface area contributed by atoms with Gasteiger partial charge in [0.2, 0.25) is 0 Å². The number of hydrogen-bond acceptors (Lipinski definition) is 1. The fraction of sp³-hybridized carbons (Fsp3) is 0. The molecule has 0 heterocycles. The van der Waals surface area contributed by atoms with Crippen molar-refractivity contribution in [2.45, 2.75) is 0 Å². The monoisotopic (exact) mass is 402 g/mol. The third-order valence-corrected chi connectivity index (χ3v) is 7.06. The van der Waals surface area contributed by atoms with Crippen molar-refractivity contribution in [2.75, 3.05) is 0 Å². The van der Waals surface area contributed by atoms with Crippen molar-refractivity contribution in [1.82, 2.24) is 0 Å². The SMILES string of the molecule is C1=Cc2ccccc21.C=CC1=C(O[SiH2]C2=Cc3ccccc32)c2cccc(C=C)c21. The topological polar surface area (TPSA) is 9.23 Å². The molecule has 0 saturated heterocycles. The van der Waals surface area contributed by atoms with Gasteiger partial charge in [0.1, 0.15) is 5.76 Å². The molecule has 3 aliphatic carbocycles. The van der Waals surface area contributed by atoms with Gasteiger partial charge >= 0.3 is 0 Å². The molecule has 0 aliphatic heterocycles. The Morgan fingerprint density at radius 2 is 1.37 bits per heavy atom. The van der Waals surface area contributed by atoms with Crippen LogP contribution in [0.5, 0.6) is 0 Å². The number of rotatable bonds is 5. The second-order valence-electron chi connectivity index (χ2n) is 7.43. The molecule has 0 N–H and O–H groups in total. The van der Waals surface area contributed by atoms with Crippen molar-refractivity contribution in [2.24, 2.45) is 0 Å². The minimum absolute atomic E-state index is 0.763. The van der Waals surface area contributed by atoms with Crippen LogP contribution in [0.15, 0.2) is 86.0 Å². The lowest BCUT2D eigenvalue weighted by Gasteiger charge is -2.29. The molecule has 0 fully saturated rings. The maximum Gasteiger partial charge on any atom is 0.252 e. The Labute approximate surface area is 180 Å². The second kappa shape index (κ2) is 7.66. The zero-order valence-corrected chi connectivity index (χ0v) is 18.2. The second-order valence-corrected chi connectivity index (χ2v) is 8.77. The van der Waals surface area contributed by atoms with Crippen LogP contribution in [0.25, 0.3) is 40.8 Å². The largest absolute Gasteiger partial charge is 0.544 e. The van der Waals surface area contributed by atoms with E-state index in [2.05, 4.69) is 98.1 Å². The predicted molar refractivity (Wildman–Crippen MR) is 133 cm³/mol. The Bertz CT molecular complexity index is 1250. The molecular weight excluding hydrogens is 380 g/mol. The van der Waals surface area contributed by atoms with Gasteiger partial charge in [-0.1, -0.05) is 110 Å².